The van der Waals surface area contributed by atoms with Crippen LogP contribution in [-0.2, 0) is 13.1 Å². The molecule has 1 rings (SSSR count). The second-order valence-corrected chi connectivity index (χ2v) is 4.25. The summed E-state index contributed by atoms with van der Waals surface area (Å²) in [5.41, 5.74) is 8.30. The van der Waals surface area contributed by atoms with Gasteiger partial charge in [-0.2, -0.15) is 5.10 Å². The van der Waals surface area contributed by atoms with Crippen LogP contribution in [0.15, 0.2) is 6.20 Å². The van der Waals surface area contributed by atoms with Crippen LogP contribution >= 0.6 is 0 Å². The van der Waals surface area contributed by atoms with Crippen LogP contribution in [0.3, 0.4) is 0 Å². The number of hydrogen-bond acceptors (Lipinski definition) is 3. The first kappa shape index (κ1) is 12.2. The topological polar surface area (TPSA) is 47.1 Å². The molecular weight excluding hydrogens is 188 g/mol. The average molecular weight is 210 g/mol. The van der Waals surface area contributed by atoms with Gasteiger partial charge in [-0.3, -0.25) is 4.68 Å². The molecule has 4 nitrogen and oxygen atoms in total. The number of nitrogens with two attached hydrogens (primary N) is 1. The Labute approximate surface area is 92.1 Å². The molecule has 4 heteroatoms. The Bertz CT molecular complexity index is 304. The van der Waals surface area contributed by atoms with Gasteiger partial charge in [-0.25, -0.2) is 0 Å². The molecular formula is C11H22N4. The predicted octanol–water partition coefficient (Wildman–Crippen LogP) is 0.990. The second-order valence-electron chi connectivity index (χ2n) is 4.25. The normalized spacial score (nSPS) is 13.5. The molecule has 1 aromatic rings. The summed E-state index contributed by atoms with van der Waals surface area (Å²) < 4.78 is 2.02. The fourth-order valence-electron chi connectivity index (χ4n) is 1.81. The SMILES string of the molecule is CCn1ncc(CN(C)CC(C)N)c1C. The minimum atomic E-state index is 0.219. The highest BCUT2D eigenvalue weighted by molar-refractivity contribution is 5.15. The highest BCUT2D eigenvalue weighted by Gasteiger charge is 2.08. The van der Waals surface area contributed by atoms with Crippen molar-refractivity contribution in [2.24, 2.45) is 5.73 Å². The van der Waals surface area contributed by atoms with E-state index in [1.165, 1.54) is 11.3 Å². The summed E-state index contributed by atoms with van der Waals surface area (Å²) in [6, 6.07) is 0.219. The Morgan fingerprint density at radius 3 is 2.73 bits per heavy atom. The molecule has 0 radical (unpaired) electrons. The Hall–Kier alpha value is -0.870. The van der Waals surface area contributed by atoms with Gasteiger partial charge in [0.1, 0.15) is 0 Å². The summed E-state index contributed by atoms with van der Waals surface area (Å²) >= 11 is 0. The maximum atomic E-state index is 5.75. The van der Waals surface area contributed by atoms with Gasteiger partial charge in [0.15, 0.2) is 0 Å². The fourth-order valence-corrected chi connectivity index (χ4v) is 1.81. The number of aromatic nitrogens is 2. The molecule has 1 heterocycles. The zero-order chi connectivity index (χ0) is 11.4. The number of hydrogen-bond donors (Lipinski definition) is 1. The molecule has 0 amide bonds. The van der Waals surface area contributed by atoms with E-state index >= 15 is 0 Å². The lowest BCUT2D eigenvalue weighted by Crippen LogP contribution is -2.32. The van der Waals surface area contributed by atoms with Crippen molar-refractivity contribution in [1.82, 2.24) is 14.7 Å². The van der Waals surface area contributed by atoms with Crippen LogP contribution in [0.25, 0.3) is 0 Å². The van der Waals surface area contributed by atoms with Gasteiger partial charge in [0.2, 0.25) is 0 Å². The van der Waals surface area contributed by atoms with Gasteiger partial charge in [-0.15, -0.1) is 0 Å². The van der Waals surface area contributed by atoms with Gasteiger partial charge >= 0.3 is 0 Å². The summed E-state index contributed by atoms with van der Waals surface area (Å²) in [5.74, 6) is 0. The second kappa shape index (κ2) is 5.28. The molecule has 0 aliphatic rings. The summed E-state index contributed by atoms with van der Waals surface area (Å²) in [6.07, 6.45) is 1.95. The van der Waals surface area contributed by atoms with E-state index in [0.717, 1.165) is 19.6 Å². The molecule has 0 aliphatic carbocycles. The molecule has 1 unspecified atom stereocenters. The van der Waals surface area contributed by atoms with Crippen LogP contribution in [0.4, 0.5) is 0 Å². The molecule has 1 aromatic heterocycles. The summed E-state index contributed by atoms with van der Waals surface area (Å²) in [5, 5.41) is 4.33. The van der Waals surface area contributed by atoms with E-state index in [2.05, 4.69) is 30.9 Å². The molecule has 0 aromatic carbocycles. The highest BCUT2D eigenvalue weighted by atomic mass is 15.3. The van der Waals surface area contributed by atoms with Gasteiger partial charge in [0.05, 0.1) is 6.20 Å². The van der Waals surface area contributed by atoms with Crippen molar-refractivity contribution in [3.05, 3.63) is 17.5 Å². The zero-order valence-electron chi connectivity index (χ0n) is 10.2. The molecule has 86 valence electrons. The van der Waals surface area contributed by atoms with E-state index in [1.54, 1.807) is 0 Å². The zero-order valence-corrected chi connectivity index (χ0v) is 10.2. The van der Waals surface area contributed by atoms with Crippen molar-refractivity contribution in [3.63, 3.8) is 0 Å². The number of likely N-dealkylation sites (N-methyl/N-ethyl adjacent to an activating group) is 1. The van der Waals surface area contributed by atoms with Crippen LogP contribution in [0, 0.1) is 6.92 Å². The molecule has 0 bridgehead atoms. The van der Waals surface area contributed by atoms with E-state index in [0.29, 0.717) is 0 Å². The number of aryl methyl sites for hydroxylation is 1. The van der Waals surface area contributed by atoms with Gasteiger partial charge in [0, 0.05) is 36.9 Å². The van der Waals surface area contributed by atoms with E-state index in [4.69, 9.17) is 5.73 Å². The molecule has 0 fully saturated rings. The van der Waals surface area contributed by atoms with Crippen LogP contribution in [-0.4, -0.2) is 34.3 Å². The van der Waals surface area contributed by atoms with E-state index in [9.17, 15) is 0 Å². The predicted molar refractivity (Wildman–Crippen MR) is 62.6 cm³/mol. The van der Waals surface area contributed by atoms with Crippen molar-refractivity contribution in [1.29, 1.82) is 0 Å². The third-order valence-electron chi connectivity index (χ3n) is 2.54. The average Bonchev–Trinajstić information content (AvgIpc) is 2.46. The first-order valence-electron chi connectivity index (χ1n) is 5.50. The smallest absolute Gasteiger partial charge is 0.0537 e. The molecule has 15 heavy (non-hydrogen) atoms. The van der Waals surface area contributed by atoms with Crippen molar-refractivity contribution in [2.75, 3.05) is 13.6 Å². The van der Waals surface area contributed by atoms with E-state index in [-0.39, 0.29) is 6.04 Å². The molecule has 0 saturated carbocycles. The number of nitrogens with zero attached hydrogens (tertiary/aromatic N) is 3. The first-order valence-corrected chi connectivity index (χ1v) is 5.50. The lowest BCUT2D eigenvalue weighted by Gasteiger charge is -2.18. The Morgan fingerprint density at radius 1 is 1.60 bits per heavy atom. The third kappa shape index (κ3) is 3.32. The van der Waals surface area contributed by atoms with Gasteiger partial charge in [-0.05, 0) is 27.8 Å². The highest BCUT2D eigenvalue weighted by Crippen LogP contribution is 2.09. The summed E-state index contributed by atoms with van der Waals surface area (Å²) in [6.45, 7) is 9.02. The fraction of sp³-hybridized carbons (Fsp3) is 0.727. The Kier molecular flexibility index (Phi) is 4.29. The minimum absolute atomic E-state index is 0.219. The lowest BCUT2D eigenvalue weighted by molar-refractivity contribution is 0.309. The quantitative estimate of drug-likeness (QED) is 0.788. The monoisotopic (exact) mass is 210 g/mol. The summed E-state index contributed by atoms with van der Waals surface area (Å²) in [4.78, 5) is 2.23. The molecule has 1 atom stereocenters. The van der Waals surface area contributed by atoms with Crippen LogP contribution in [0.2, 0.25) is 0 Å². The van der Waals surface area contributed by atoms with Crippen molar-refractivity contribution < 1.29 is 0 Å². The van der Waals surface area contributed by atoms with Crippen LogP contribution in [0.1, 0.15) is 25.1 Å². The van der Waals surface area contributed by atoms with Gasteiger partial charge in [0.25, 0.3) is 0 Å². The van der Waals surface area contributed by atoms with Crippen LogP contribution < -0.4 is 5.73 Å². The van der Waals surface area contributed by atoms with Crippen molar-refractivity contribution >= 4 is 0 Å². The summed E-state index contributed by atoms with van der Waals surface area (Å²) in [7, 11) is 2.09. The maximum absolute atomic E-state index is 5.75. The standard InChI is InChI=1S/C11H22N4/c1-5-15-10(3)11(6-13-15)8-14(4)7-9(2)12/h6,9H,5,7-8,12H2,1-4H3. The molecule has 0 saturated heterocycles. The van der Waals surface area contributed by atoms with E-state index in [1.807, 2.05) is 17.8 Å². The Morgan fingerprint density at radius 2 is 2.27 bits per heavy atom. The molecule has 0 spiro atoms. The largest absolute Gasteiger partial charge is 0.327 e. The third-order valence-corrected chi connectivity index (χ3v) is 2.54. The van der Waals surface area contributed by atoms with Gasteiger partial charge in [-0.1, -0.05) is 0 Å². The van der Waals surface area contributed by atoms with Crippen molar-refractivity contribution in [3.8, 4) is 0 Å². The maximum Gasteiger partial charge on any atom is 0.0537 e. The Balaban J connectivity index is 2.60. The molecule has 0 aliphatic heterocycles. The molecule has 2 N–H and O–H groups in total. The minimum Gasteiger partial charge on any atom is -0.327 e. The van der Waals surface area contributed by atoms with Gasteiger partial charge < -0.3 is 10.6 Å². The van der Waals surface area contributed by atoms with Crippen LogP contribution in [0.5, 0.6) is 0 Å². The van der Waals surface area contributed by atoms with Crippen molar-refractivity contribution in [2.45, 2.75) is 39.9 Å². The number of rotatable bonds is 5. The lowest BCUT2D eigenvalue weighted by atomic mass is 10.2. The van der Waals surface area contributed by atoms with E-state index < -0.39 is 0 Å². The first-order chi connectivity index (χ1) is 7.04.